The fourth-order valence-corrected chi connectivity index (χ4v) is 2.48. The molecule has 0 aliphatic carbocycles. The van der Waals surface area contributed by atoms with Crippen molar-refractivity contribution in [2.75, 3.05) is 0 Å². The van der Waals surface area contributed by atoms with Gasteiger partial charge in [-0.15, -0.1) is 0 Å². The van der Waals surface area contributed by atoms with Gasteiger partial charge < -0.3 is 10.4 Å². The number of carbonyl (C=O) groups is 1. The van der Waals surface area contributed by atoms with E-state index in [1.54, 1.807) is 6.33 Å². The van der Waals surface area contributed by atoms with Crippen molar-refractivity contribution >= 4 is 11.5 Å². The molecule has 0 aliphatic heterocycles. The highest BCUT2D eigenvalue weighted by Gasteiger charge is 2.18. The first-order valence-corrected chi connectivity index (χ1v) is 7.60. The van der Waals surface area contributed by atoms with E-state index in [1.165, 1.54) is 24.3 Å². The zero-order valence-electron chi connectivity index (χ0n) is 13.2. The van der Waals surface area contributed by atoms with Crippen molar-refractivity contribution in [1.82, 2.24) is 14.5 Å². The third kappa shape index (κ3) is 3.32. The normalized spacial score (nSPS) is 12.1. The van der Waals surface area contributed by atoms with Crippen LogP contribution in [0.3, 0.4) is 0 Å². The molecule has 24 heavy (non-hydrogen) atoms. The summed E-state index contributed by atoms with van der Waals surface area (Å²) in [6.45, 7) is 1.92. The van der Waals surface area contributed by atoms with Crippen LogP contribution in [0.25, 0.3) is 5.82 Å². The van der Waals surface area contributed by atoms with Crippen LogP contribution in [-0.4, -0.2) is 26.0 Å². The highest BCUT2D eigenvalue weighted by molar-refractivity contribution is 6.44. The third-order valence-electron chi connectivity index (χ3n) is 3.86. The predicted octanol–water partition coefficient (Wildman–Crippen LogP) is 3.74. The van der Waals surface area contributed by atoms with E-state index >= 15 is 0 Å². The molecule has 2 heterocycles. The Hall–Kier alpha value is -3.02. The molecule has 0 aliphatic rings. The standard InChI is InChI=1S/C18H17FN4O/c1-12(16-10-23(11-22-16)17-3-2-8-21-17)9-15(20)18(24)13-4-6-14(19)7-5-13/h2-8,10-12,20-21H,9H2,1H3. The lowest BCUT2D eigenvalue weighted by molar-refractivity contribution is 0.106. The summed E-state index contributed by atoms with van der Waals surface area (Å²) >= 11 is 0. The molecule has 0 radical (unpaired) electrons. The van der Waals surface area contributed by atoms with Crippen LogP contribution in [0.2, 0.25) is 0 Å². The van der Waals surface area contributed by atoms with Crippen LogP contribution >= 0.6 is 0 Å². The number of halogens is 1. The van der Waals surface area contributed by atoms with Crippen molar-refractivity contribution < 1.29 is 9.18 Å². The van der Waals surface area contributed by atoms with Crippen molar-refractivity contribution in [1.29, 1.82) is 5.41 Å². The van der Waals surface area contributed by atoms with E-state index in [9.17, 15) is 9.18 Å². The van der Waals surface area contributed by atoms with Gasteiger partial charge in [-0.1, -0.05) is 6.92 Å². The summed E-state index contributed by atoms with van der Waals surface area (Å²) in [7, 11) is 0. The molecule has 0 saturated heterocycles. The van der Waals surface area contributed by atoms with Gasteiger partial charge in [0.2, 0.25) is 5.78 Å². The van der Waals surface area contributed by atoms with Gasteiger partial charge in [0.15, 0.2) is 0 Å². The number of aromatic nitrogens is 3. The smallest absolute Gasteiger partial charge is 0.206 e. The van der Waals surface area contributed by atoms with Crippen molar-refractivity contribution in [3.05, 3.63) is 72.2 Å². The second-order valence-corrected chi connectivity index (χ2v) is 5.68. The van der Waals surface area contributed by atoms with Crippen LogP contribution in [0.15, 0.2) is 55.1 Å². The Morgan fingerprint density at radius 1 is 1.33 bits per heavy atom. The van der Waals surface area contributed by atoms with Crippen LogP contribution in [0, 0.1) is 11.2 Å². The number of benzene rings is 1. The molecule has 0 spiro atoms. The van der Waals surface area contributed by atoms with Crippen LogP contribution in [-0.2, 0) is 0 Å². The van der Waals surface area contributed by atoms with E-state index in [2.05, 4.69) is 9.97 Å². The number of rotatable bonds is 6. The van der Waals surface area contributed by atoms with E-state index in [0.717, 1.165) is 11.5 Å². The summed E-state index contributed by atoms with van der Waals surface area (Å²) in [4.78, 5) is 19.7. The number of Topliss-reactive ketones (excluding diaryl/α,β-unsaturated/α-hetero) is 1. The van der Waals surface area contributed by atoms with Gasteiger partial charge >= 0.3 is 0 Å². The number of hydrogen-bond donors (Lipinski definition) is 2. The average molecular weight is 324 g/mol. The number of nitrogens with one attached hydrogen (secondary N) is 2. The van der Waals surface area contributed by atoms with Crippen molar-refractivity contribution in [3.63, 3.8) is 0 Å². The molecule has 0 amide bonds. The Labute approximate surface area is 138 Å². The van der Waals surface area contributed by atoms with E-state index in [-0.39, 0.29) is 23.8 Å². The molecule has 0 saturated carbocycles. The maximum atomic E-state index is 12.9. The summed E-state index contributed by atoms with van der Waals surface area (Å²) in [6, 6.07) is 9.07. The third-order valence-corrected chi connectivity index (χ3v) is 3.86. The second-order valence-electron chi connectivity index (χ2n) is 5.68. The minimum atomic E-state index is -0.402. The van der Waals surface area contributed by atoms with Crippen LogP contribution in [0.4, 0.5) is 4.39 Å². The van der Waals surface area contributed by atoms with E-state index < -0.39 is 5.82 Å². The van der Waals surface area contributed by atoms with Crippen LogP contribution in [0.1, 0.15) is 35.3 Å². The molecule has 2 aromatic heterocycles. The lowest BCUT2D eigenvalue weighted by Gasteiger charge is -2.09. The van der Waals surface area contributed by atoms with E-state index in [4.69, 9.17) is 5.41 Å². The molecule has 1 atom stereocenters. The number of carbonyl (C=O) groups excluding carboxylic acids is 1. The molecule has 122 valence electrons. The summed E-state index contributed by atoms with van der Waals surface area (Å²) in [5, 5.41) is 8.03. The minimum Gasteiger partial charge on any atom is -0.348 e. The van der Waals surface area contributed by atoms with Gasteiger partial charge in [0.25, 0.3) is 0 Å². The van der Waals surface area contributed by atoms with Crippen molar-refractivity contribution in [2.24, 2.45) is 0 Å². The number of hydrogen-bond acceptors (Lipinski definition) is 3. The Kier molecular flexibility index (Phi) is 4.37. The summed E-state index contributed by atoms with van der Waals surface area (Å²) in [6.07, 6.45) is 5.68. The van der Waals surface area contributed by atoms with Gasteiger partial charge in [-0.3, -0.25) is 9.36 Å². The van der Waals surface area contributed by atoms with Crippen molar-refractivity contribution in [3.8, 4) is 5.82 Å². The van der Waals surface area contributed by atoms with Gasteiger partial charge in [-0.05, 0) is 36.4 Å². The van der Waals surface area contributed by atoms with Gasteiger partial charge in [0, 0.05) is 30.3 Å². The number of nitrogens with zero attached hydrogens (tertiary/aromatic N) is 2. The Morgan fingerprint density at radius 3 is 2.75 bits per heavy atom. The molecule has 1 aromatic carbocycles. The van der Waals surface area contributed by atoms with E-state index in [1.807, 2.05) is 36.0 Å². The predicted molar refractivity (Wildman–Crippen MR) is 89.4 cm³/mol. The average Bonchev–Trinajstić information content (AvgIpc) is 3.26. The summed E-state index contributed by atoms with van der Waals surface area (Å²) < 4.78 is 14.8. The summed E-state index contributed by atoms with van der Waals surface area (Å²) in [5.41, 5.74) is 1.12. The molecule has 3 aromatic rings. The largest absolute Gasteiger partial charge is 0.348 e. The fourth-order valence-electron chi connectivity index (χ4n) is 2.48. The monoisotopic (exact) mass is 324 g/mol. The fraction of sp³-hybridized carbons (Fsp3) is 0.167. The van der Waals surface area contributed by atoms with Crippen molar-refractivity contribution in [2.45, 2.75) is 19.3 Å². The second kappa shape index (κ2) is 6.62. The molecular weight excluding hydrogens is 307 g/mol. The molecular formula is C18H17FN4O. The molecule has 0 fully saturated rings. The Morgan fingerprint density at radius 2 is 2.08 bits per heavy atom. The number of H-pyrrole nitrogens is 1. The molecule has 1 unspecified atom stereocenters. The molecule has 6 heteroatoms. The zero-order chi connectivity index (χ0) is 17.1. The molecule has 5 nitrogen and oxygen atoms in total. The highest BCUT2D eigenvalue weighted by atomic mass is 19.1. The zero-order valence-corrected chi connectivity index (χ0v) is 13.2. The SMILES string of the molecule is CC(CC(=N)C(=O)c1ccc(F)cc1)c1cn(-c2ccc[nH]2)cn1. The van der Waals surface area contributed by atoms with E-state index in [0.29, 0.717) is 5.56 Å². The molecule has 2 N–H and O–H groups in total. The molecule has 3 rings (SSSR count). The van der Waals surface area contributed by atoms with Gasteiger partial charge in [-0.25, -0.2) is 9.37 Å². The quantitative estimate of drug-likeness (QED) is 0.535. The summed E-state index contributed by atoms with van der Waals surface area (Å²) in [5.74, 6) is 0.0449. The molecule has 0 bridgehead atoms. The van der Waals surface area contributed by atoms with Gasteiger partial charge in [0.05, 0.1) is 11.4 Å². The maximum absolute atomic E-state index is 12.9. The first kappa shape index (κ1) is 15.9. The van der Waals surface area contributed by atoms with Crippen LogP contribution in [0.5, 0.6) is 0 Å². The minimum absolute atomic E-state index is 0.0106. The van der Waals surface area contributed by atoms with Crippen LogP contribution < -0.4 is 0 Å². The lowest BCUT2D eigenvalue weighted by atomic mass is 9.96. The highest BCUT2D eigenvalue weighted by Crippen LogP contribution is 2.20. The first-order chi connectivity index (χ1) is 11.5. The lowest BCUT2D eigenvalue weighted by Crippen LogP contribution is -2.16. The Balaban J connectivity index is 1.68. The number of imidazole rings is 1. The first-order valence-electron chi connectivity index (χ1n) is 7.60. The maximum Gasteiger partial charge on any atom is 0.206 e. The number of ketones is 1. The van der Waals surface area contributed by atoms with Gasteiger partial charge in [-0.2, -0.15) is 0 Å². The topological polar surface area (TPSA) is 74.5 Å². The Bertz CT molecular complexity index is 850. The van der Waals surface area contributed by atoms with Gasteiger partial charge in [0.1, 0.15) is 18.0 Å². The number of aromatic amines is 1.